The maximum atomic E-state index is 9.41. The van der Waals surface area contributed by atoms with Crippen molar-refractivity contribution < 1.29 is 14.6 Å². The molecule has 3 rings (SSSR count). The molecule has 3 nitrogen and oxygen atoms in total. The van der Waals surface area contributed by atoms with Crippen LogP contribution in [0, 0.1) is 0 Å². The van der Waals surface area contributed by atoms with E-state index < -0.39 is 0 Å². The van der Waals surface area contributed by atoms with Gasteiger partial charge in [0, 0.05) is 22.1 Å². The molecule has 0 aromatic heterocycles. The minimum Gasteiger partial charge on any atom is -0.493 e. The SMILES string of the molecule is OCc1c(Cl)cccc1OCC1CCOc2ccccc21. The Kier molecular flexibility index (Phi) is 4.32. The Morgan fingerprint density at radius 2 is 2.05 bits per heavy atom. The van der Waals surface area contributed by atoms with Crippen molar-refractivity contribution in [2.24, 2.45) is 0 Å². The van der Waals surface area contributed by atoms with Gasteiger partial charge in [-0.15, -0.1) is 0 Å². The van der Waals surface area contributed by atoms with E-state index in [-0.39, 0.29) is 6.61 Å². The molecule has 0 saturated heterocycles. The zero-order valence-electron chi connectivity index (χ0n) is 11.6. The molecule has 2 aromatic rings. The number of rotatable bonds is 4. The van der Waals surface area contributed by atoms with Crippen LogP contribution in [0.25, 0.3) is 0 Å². The molecule has 0 fully saturated rings. The fraction of sp³-hybridized carbons (Fsp3) is 0.294. The van der Waals surface area contributed by atoms with Crippen molar-refractivity contribution >= 4 is 11.6 Å². The van der Waals surface area contributed by atoms with E-state index in [1.54, 1.807) is 6.07 Å². The van der Waals surface area contributed by atoms with E-state index in [0.717, 1.165) is 12.2 Å². The van der Waals surface area contributed by atoms with Crippen LogP contribution < -0.4 is 9.47 Å². The highest BCUT2D eigenvalue weighted by Gasteiger charge is 2.22. The van der Waals surface area contributed by atoms with Gasteiger partial charge in [-0.05, 0) is 24.6 Å². The van der Waals surface area contributed by atoms with Crippen LogP contribution >= 0.6 is 11.6 Å². The first-order chi connectivity index (χ1) is 10.3. The van der Waals surface area contributed by atoms with Crippen LogP contribution in [0.5, 0.6) is 11.5 Å². The monoisotopic (exact) mass is 304 g/mol. The molecule has 21 heavy (non-hydrogen) atoms. The largest absolute Gasteiger partial charge is 0.493 e. The van der Waals surface area contributed by atoms with Gasteiger partial charge in [-0.2, -0.15) is 0 Å². The smallest absolute Gasteiger partial charge is 0.126 e. The van der Waals surface area contributed by atoms with Crippen molar-refractivity contribution in [2.45, 2.75) is 18.9 Å². The minimum absolute atomic E-state index is 0.126. The molecule has 110 valence electrons. The van der Waals surface area contributed by atoms with Crippen molar-refractivity contribution in [3.8, 4) is 11.5 Å². The summed E-state index contributed by atoms with van der Waals surface area (Å²) < 4.78 is 11.6. The fourth-order valence-electron chi connectivity index (χ4n) is 2.61. The Morgan fingerprint density at radius 3 is 2.90 bits per heavy atom. The van der Waals surface area contributed by atoms with Crippen LogP contribution in [0.15, 0.2) is 42.5 Å². The molecule has 1 aliphatic heterocycles. The van der Waals surface area contributed by atoms with E-state index in [1.807, 2.05) is 30.3 Å². The van der Waals surface area contributed by atoms with Gasteiger partial charge in [0.2, 0.25) is 0 Å². The predicted octanol–water partition coefficient (Wildman–Crippen LogP) is 3.78. The van der Waals surface area contributed by atoms with Crippen LogP contribution in [-0.2, 0) is 6.61 Å². The average molecular weight is 305 g/mol. The number of fused-ring (bicyclic) bond motifs is 1. The van der Waals surface area contributed by atoms with E-state index in [4.69, 9.17) is 21.1 Å². The number of aliphatic hydroxyl groups excluding tert-OH is 1. The number of ether oxygens (including phenoxy) is 2. The molecule has 1 atom stereocenters. The van der Waals surface area contributed by atoms with Crippen molar-refractivity contribution in [3.63, 3.8) is 0 Å². The van der Waals surface area contributed by atoms with Gasteiger partial charge in [0.1, 0.15) is 11.5 Å². The molecule has 0 radical (unpaired) electrons. The van der Waals surface area contributed by atoms with Gasteiger partial charge >= 0.3 is 0 Å². The molecule has 0 amide bonds. The van der Waals surface area contributed by atoms with Crippen molar-refractivity contribution in [1.82, 2.24) is 0 Å². The number of hydrogen-bond acceptors (Lipinski definition) is 3. The summed E-state index contributed by atoms with van der Waals surface area (Å²) in [6.07, 6.45) is 0.923. The summed E-state index contributed by atoms with van der Waals surface area (Å²) in [5.74, 6) is 1.88. The summed E-state index contributed by atoms with van der Waals surface area (Å²) >= 11 is 6.07. The summed E-state index contributed by atoms with van der Waals surface area (Å²) in [6.45, 7) is 1.13. The van der Waals surface area contributed by atoms with Crippen LogP contribution in [0.2, 0.25) is 5.02 Å². The first-order valence-electron chi connectivity index (χ1n) is 7.02. The van der Waals surface area contributed by atoms with Crippen LogP contribution in [0.3, 0.4) is 0 Å². The molecule has 0 saturated carbocycles. The molecule has 0 aliphatic carbocycles. The number of para-hydroxylation sites is 1. The lowest BCUT2D eigenvalue weighted by atomic mass is 9.94. The topological polar surface area (TPSA) is 38.7 Å². The highest BCUT2D eigenvalue weighted by molar-refractivity contribution is 6.31. The van der Waals surface area contributed by atoms with Gasteiger partial charge < -0.3 is 14.6 Å². The second-order valence-corrected chi connectivity index (χ2v) is 5.46. The average Bonchev–Trinajstić information content (AvgIpc) is 2.53. The number of halogens is 1. The number of benzene rings is 2. The number of aliphatic hydroxyl groups is 1. The maximum absolute atomic E-state index is 9.41. The van der Waals surface area contributed by atoms with E-state index in [0.29, 0.717) is 35.5 Å². The molecule has 1 N–H and O–H groups in total. The molecule has 4 heteroatoms. The summed E-state index contributed by atoms with van der Waals surface area (Å²) in [5.41, 5.74) is 1.82. The molecular formula is C17H17ClO3. The van der Waals surface area contributed by atoms with Crippen molar-refractivity contribution in [2.75, 3.05) is 13.2 Å². The third kappa shape index (κ3) is 2.99. The third-order valence-electron chi connectivity index (χ3n) is 3.76. The second-order valence-electron chi connectivity index (χ2n) is 5.06. The predicted molar refractivity (Wildman–Crippen MR) is 82.2 cm³/mol. The lowest BCUT2D eigenvalue weighted by Crippen LogP contribution is -2.19. The number of hydrogen-bond donors (Lipinski definition) is 1. The van der Waals surface area contributed by atoms with E-state index in [2.05, 4.69) is 6.07 Å². The Hall–Kier alpha value is -1.71. The lowest BCUT2D eigenvalue weighted by Gasteiger charge is -2.26. The maximum Gasteiger partial charge on any atom is 0.126 e. The van der Waals surface area contributed by atoms with Gasteiger partial charge in [-0.25, -0.2) is 0 Å². The lowest BCUT2D eigenvalue weighted by molar-refractivity contribution is 0.212. The fourth-order valence-corrected chi connectivity index (χ4v) is 2.83. The zero-order chi connectivity index (χ0) is 14.7. The van der Waals surface area contributed by atoms with Gasteiger partial charge in [0.05, 0.1) is 19.8 Å². The summed E-state index contributed by atoms with van der Waals surface area (Å²) in [6, 6.07) is 13.5. The summed E-state index contributed by atoms with van der Waals surface area (Å²) in [4.78, 5) is 0. The van der Waals surface area contributed by atoms with Crippen LogP contribution in [-0.4, -0.2) is 18.3 Å². The molecular weight excluding hydrogens is 288 g/mol. The zero-order valence-corrected chi connectivity index (χ0v) is 12.3. The standard InChI is InChI=1S/C17H17ClO3/c18-15-5-3-7-17(14(15)10-19)21-11-12-8-9-20-16-6-2-1-4-13(12)16/h1-7,12,19H,8-11H2. The van der Waals surface area contributed by atoms with E-state index in [9.17, 15) is 5.11 Å². The molecule has 1 unspecified atom stereocenters. The Labute approximate surface area is 129 Å². The first-order valence-corrected chi connectivity index (χ1v) is 7.40. The van der Waals surface area contributed by atoms with Crippen molar-refractivity contribution in [1.29, 1.82) is 0 Å². The van der Waals surface area contributed by atoms with Gasteiger partial charge in [-0.3, -0.25) is 0 Å². The second kappa shape index (κ2) is 6.37. The molecule has 1 aliphatic rings. The Morgan fingerprint density at radius 1 is 1.19 bits per heavy atom. The highest BCUT2D eigenvalue weighted by atomic mass is 35.5. The Balaban J connectivity index is 1.76. The van der Waals surface area contributed by atoms with E-state index >= 15 is 0 Å². The van der Waals surface area contributed by atoms with Gasteiger partial charge in [0.15, 0.2) is 0 Å². The highest BCUT2D eigenvalue weighted by Crippen LogP contribution is 2.34. The van der Waals surface area contributed by atoms with Gasteiger partial charge in [-0.1, -0.05) is 35.9 Å². The Bertz CT molecular complexity index is 627. The first kappa shape index (κ1) is 14.2. The summed E-state index contributed by atoms with van der Waals surface area (Å²) in [5, 5.41) is 9.94. The van der Waals surface area contributed by atoms with Crippen LogP contribution in [0.1, 0.15) is 23.5 Å². The van der Waals surface area contributed by atoms with Gasteiger partial charge in [0.25, 0.3) is 0 Å². The molecule has 2 aromatic carbocycles. The quantitative estimate of drug-likeness (QED) is 0.934. The normalized spacial score (nSPS) is 17.0. The molecule has 0 bridgehead atoms. The minimum atomic E-state index is -0.126. The summed E-state index contributed by atoms with van der Waals surface area (Å²) in [7, 11) is 0. The molecule has 0 spiro atoms. The third-order valence-corrected chi connectivity index (χ3v) is 4.11. The van der Waals surface area contributed by atoms with Crippen molar-refractivity contribution in [3.05, 3.63) is 58.6 Å². The van der Waals surface area contributed by atoms with Crippen LogP contribution in [0.4, 0.5) is 0 Å². The molecule has 1 heterocycles. The van der Waals surface area contributed by atoms with E-state index in [1.165, 1.54) is 5.56 Å².